The molecule has 2 aromatic heterocycles. The number of hydrogen-bond acceptors (Lipinski definition) is 4. The maximum Gasteiger partial charge on any atom is 0.273 e. The Morgan fingerprint density at radius 3 is 2.89 bits per heavy atom. The molecule has 3 N–H and O–H groups in total. The molecule has 3 heterocycles. The first kappa shape index (κ1) is 18.2. The summed E-state index contributed by atoms with van der Waals surface area (Å²) in [4.78, 5) is 16.9. The smallest absolute Gasteiger partial charge is 0.273 e. The molecule has 2 aromatic rings. The normalized spacial score (nSPS) is 18.4. The van der Waals surface area contributed by atoms with E-state index in [9.17, 15) is 4.79 Å². The molecule has 0 saturated heterocycles. The summed E-state index contributed by atoms with van der Waals surface area (Å²) in [5.74, 6) is 0.238. The van der Waals surface area contributed by atoms with Gasteiger partial charge in [-0.2, -0.15) is 5.10 Å². The van der Waals surface area contributed by atoms with Crippen LogP contribution in [-0.4, -0.2) is 29.2 Å². The van der Waals surface area contributed by atoms with Gasteiger partial charge in [0.1, 0.15) is 5.71 Å². The minimum Gasteiger partial charge on any atom is -0.359 e. The van der Waals surface area contributed by atoms with Crippen molar-refractivity contribution in [2.75, 3.05) is 6.54 Å². The standard InChI is InChI=1S/C21H26N4OS/c1-12(2)19-15(8-9-22-14-6-7-14)13(3)23-17(19)11-16-20(24-25-21(16)26)18-5-4-10-27-18/h4-5,10-12,14,22-23H,6-9H2,1-3H3,(H,25,26)/b16-11+. The van der Waals surface area contributed by atoms with Crippen LogP contribution in [0.25, 0.3) is 6.08 Å². The summed E-state index contributed by atoms with van der Waals surface area (Å²) >= 11 is 1.59. The fraction of sp³-hybridized carbons (Fsp3) is 0.429. The topological polar surface area (TPSA) is 69.3 Å². The van der Waals surface area contributed by atoms with Gasteiger partial charge in [-0.3, -0.25) is 4.79 Å². The molecule has 0 bridgehead atoms. The maximum absolute atomic E-state index is 12.4. The Balaban J connectivity index is 1.66. The number of hydrazone groups is 1. The van der Waals surface area contributed by atoms with Crippen molar-refractivity contribution in [2.24, 2.45) is 5.10 Å². The number of aryl methyl sites for hydroxylation is 1. The van der Waals surface area contributed by atoms with E-state index in [4.69, 9.17) is 0 Å². The Kier molecular flexibility index (Phi) is 5.02. The van der Waals surface area contributed by atoms with Crippen molar-refractivity contribution >= 4 is 29.0 Å². The van der Waals surface area contributed by atoms with Gasteiger partial charge in [0.25, 0.3) is 5.91 Å². The molecular formula is C21H26N4OS. The summed E-state index contributed by atoms with van der Waals surface area (Å²) in [7, 11) is 0. The van der Waals surface area contributed by atoms with E-state index in [1.165, 1.54) is 29.7 Å². The molecule has 5 nitrogen and oxygen atoms in total. The van der Waals surface area contributed by atoms with E-state index in [-0.39, 0.29) is 5.91 Å². The summed E-state index contributed by atoms with van der Waals surface area (Å²) < 4.78 is 0. The monoisotopic (exact) mass is 382 g/mol. The number of rotatable bonds is 7. The van der Waals surface area contributed by atoms with Gasteiger partial charge in [-0.05, 0) is 67.3 Å². The van der Waals surface area contributed by atoms with Gasteiger partial charge in [-0.15, -0.1) is 11.3 Å². The van der Waals surface area contributed by atoms with E-state index >= 15 is 0 Å². The number of thiophene rings is 1. The van der Waals surface area contributed by atoms with Gasteiger partial charge in [-0.25, -0.2) is 5.43 Å². The zero-order valence-corrected chi connectivity index (χ0v) is 16.9. The van der Waals surface area contributed by atoms with Crippen molar-refractivity contribution in [2.45, 2.75) is 52.0 Å². The highest BCUT2D eigenvalue weighted by molar-refractivity contribution is 7.12. The van der Waals surface area contributed by atoms with Crippen LogP contribution >= 0.6 is 11.3 Å². The second-order valence-corrected chi connectivity index (χ2v) is 8.57. The average Bonchev–Trinajstić information content (AvgIpc) is 3.01. The molecule has 0 atom stereocenters. The lowest BCUT2D eigenvalue weighted by Gasteiger charge is -2.11. The highest BCUT2D eigenvalue weighted by Crippen LogP contribution is 2.30. The van der Waals surface area contributed by atoms with Gasteiger partial charge in [0, 0.05) is 17.4 Å². The number of nitrogens with zero attached hydrogens (tertiary/aromatic N) is 1. The van der Waals surface area contributed by atoms with Crippen LogP contribution < -0.4 is 10.7 Å². The first-order valence-electron chi connectivity index (χ1n) is 9.63. The average molecular weight is 383 g/mol. The number of nitrogens with one attached hydrogen (secondary N) is 3. The van der Waals surface area contributed by atoms with Gasteiger partial charge in [0.2, 0.25) is 0 Å². The summed E-state index contributed by atoms with van der Waals surface area (Å²) in [6.07, 6.45) is 5.59. The Hall–Kier alpha value is -2.18. The molecule has 0 unspecified atom stereocenters. The third-order valence-electron chi connectivity index (χ3n) is 5.17. The quantitative estimate of drug-likeness (QED) is 0.639. The van der Waals surface area contributed by atoms with Crippen molar-refractivity contribution in [3.05, 3.63) is 50.5 Å². The minimum atomic E-state index is -0.141. The van der Waals surface area contributed by atoms with Crippen molar-refractivity contribution in [3.63, 3.8) is 0 Å². The predicted molar refractivity (Wildman–Crippen MR) is 111 cm³/mol. The lowest BCUT2D eigenvalue weighted by molar-refractivity contribution is -0.116. The third-order valence-corrected chi connectivity index (χ3v) is 6.04. The molecule has 27 heavy (non-hydrogen) atoms. The van der Waals surface area contributed by atoms with E-state index in [0.717, 1.165) is 35.3 Å². The van der Waals surface area contributed by atoms with Crippen LogP contribution in [0.2, 0.25) is 0 Å². The fourth-order valence-electron chi connectivity index (χ4n) is 3.71. The Labute approximate surface area is 164 Å². The summed E-state index contributed by atoms with van der Waals surface area (Å²) in [6, 6.07) is 4.70. The number of amides is 1. The summed E-state index contributed by atoms with van der Waals surface area (Å²) in [5, 5.41) is 9.86. The number of aromatic nitrogens is 1. The third kappa shape index (κ3) is 3.77. The summed E-state index contributed by atoms with van der Waals surface area (Å²) in [5.41, 5.74) is 8.87. The number of H-pyrrole nitrogens is 1. The van der Waals surface area contributed by atoms with Crippen molar-refractivity contribution < 1.29 is 4.79 Å². The molecule has 1 aliphatic heterocycles. The number of carbonyl (C=O) groups is 1. The molecular weight excluding hydrogens is 356 g/mol. The van der Waals surface area contributed by atoms with Crippen molar-refractivity contribution in [1.29, 1.82) is 0 Å². The second-order valence-electron chi connectivity index (χ2n) is 7.63. The molecule has 142 valence electrons. The molecule has 2 aliphatic rings. The van der Waals surface area contributed by atoms with Crippen LogP contribution in [0.15, 0.2) is 28.2 Å². The van der Waals surface area contributed by atoms with Gasteiger partial charge in [0.15, 0.2) is 0 Å². The lowest BCUT2D eigenvalue weighted by atomic mass is 9.94. The molecule has 0 spiro atoms. The SMILES string of the molecule is Cc1[nH]c(/C=C2/C(=O)NN=C2c2cccs2)c(C(C)C)c1CCNC1CC1. The lowest BCUT2D eigenvalue weighted by Crippen LogP contribution is -2.19. The van der Waals surface area contributed by atoms with E-state index in [1.807, 2.05) is 23.6 Å². The Morgan fingerprint density at radius 1 is 1.41 bits per heavy atom. The minimum absolute atomic E-state index is 0.141. The first-order valence-corrected chi connectivity index (χ1v) is 10.5. The molecule has 0 aromatic carbocycles. The van der Waals surface area contributed by atoms with Crippen LogP contribution in [0.5, 0.6) is 0 Å². The molecule has 1 amide bonds. The first-order chi connectivity index (χ1) is 13.0. The fourth-order valence-corrected chi connectivity index (χ4v) is 4.44. The van der Waals surface area contributed by atoms with Crippen LogP contribution in [0, 0.1) is 6.92 Å². The van der Waals surface area contributed by atoms with Crippen molar-refractivity contribution in [3.8, 4) is 0 Å². The molecule has 6 heteroatoms. The number of hydrogen-bond donors (Lipinski definition) is 3. The molecule has 1 fully saturated rings. The van der Waals surface area contributed by atoms with Gasteiger partial charge in [-0.1, -0.05) is 19.9 Å². The van der Waals surface area contributed by atoms with Gasteiger partial charge >= 0.3 is 0 Å². The number of carbonyl (C=O) groups excluding carboxylic acids is 1. The van der Waals surface area contributed by atoms with Crippen LogP contribution in [0.3, 0.4) is 0 Å². The van der Waals surface area contributed by atoms with Gasteiger partial charge < -0.3 is 10.3 Å². The second kappa shape index (κ2) is 7.44. The van der Waals surface area contributed by atoms with Crippen LogP contribution in [-0.2, 0) is 11.2 Å². The molecule has 0 radical (unpaired) electrons. The van der Waals surface area contributed by atoms with E-state index in [1.54, 1.807) is 11.3 Å². The van der Waals surface area contributed by atoms with E-state index in [0.29, 0.717) is 11.5 Å². The molecule has 1 saturated carbocycles. The predicted octanol–water partition coefficient (Wildman–Crippen LogP) is 3.72. The van der Waals surface area contributed by atoms with Crippen molar-refractivity contribution in [1.82, 2.24) is 15.7 Å². The molecule has 4 rings (SSSR count). The Bertz CT molecular complexity index is 901. The highest BCUT2D eigenvalue weighted by atomic mass is 32.1. The largest absolute Gasteiger partial charge is 0.359 e. The van der Waals surface area contributed by atoms with E-state index < -0.39 is 0 Å². The zero-order chi connectivity index (χ0) is 19.0. The molecule has 1 aliphatic carbocycles. The number of aromatic amines is 1. The summed E-state index contributed by atoms with van der Waals surface area (Å²) in [6.45, 7) is 7.56. The van der Waals surface area contributed by atoms with Gasteiger partial charge in [0.05, 0.1) is 10.5 Å². The maximum atomic E-state index is 12.4. The van der Waals surface area contributed by atoms with Crippen LogP contribution in [0.4, 0.5) is 0 Å². The zero-order valence-electron chi connectivity index (χ0n) is 16.1. The van der Waals surface area contributed by atoms with Crippen LogP contribution in [0.1, 0.15) is 60.0 Å². The van der Waals surface area contributed by atoms with E-state index in [2.05, 4.69) is 41.6 Å². The Morgan fingerprint density at radius 2 is 2.22 bits per heavy atom. The highest BCUT2D eigenvalue weighted by Gasteiger charge is 2.26.